The number of nitrogens with zero attached hydrogens (tertiary/aromatic N) is 2. The van der Waals surface area contributed by atoms with Crippen molar-refractivity contribution in [3.8, 4) is 11.5 Å². The van der Waals surface area contributed by atoms with Crippen LogP contribution in [0.1, 0.15) is 33.3 Å². The van der Waals surface area contributed by atoms with Crippen molar-refractivity contribution in [1.82, 2.24) is 15.5 Å². The number of methoxy groups -OCH3 is 1. The summed E-state index contributed by atoms with van der Waals surface area (Å²) in [6.07, 6.45) is 0.702. The van der Waals surface area contributed by atoms with Crippen molar-refractivity contribution in [2.75, 3.05) is 33.8 Å². The highest BCUT2D eigenvalue weighted by Gasteiger charge is 2.16. The Kier molecular flexibility index (Phi) is 8.22. The fraction of sp³-hybridized carbons (Fsp3) is 0.579. The second kappa shape index (κ2) is 9.89. The average Bonchev–Trinajstić information content (AvgIpc) is 2.53. The molecule has 146 valence electrons. The molecule has 1 rings (SSSR count). The Morgan fingerprint density at radius 3 is 2.62 bits per heavy atom. The molecule has 3 N–H and O–H groups in total. The Morgan fingerprint density at radius 2 is 2.04 bits per heavy atom. The molecule has 0 heterocycles. The first kappa shape index (κ1) is 21.6. The molecule has 0 atom stereocenters. The zero-order chi connectivity index (χ0) is 19.7. The van der Waals surface area contributed by atoms with E-state index in [1.807, 2.05) is 45.7 Å². The van der Waals surface area contributed by atoms with Crippen LogP contribution < -0.4 is 15.4 Å². The highest BCUT2D eigenvalue weighted by atomic mass is 16.5. The van der Waals surface area contributed by atoms with Gasteiger partial charge in [-0.05, 0) is 51.8 Å². The quantitative estimate of drug-likeness (QED) is 0.507. The summed E-state index contributed by atoms with van der Waals surface area (Å²) in [6.45, 7) is 9.36. The predicted octanol–water partition coefficient (Wildman–Crippen LogP) is 1.76. The molecule has 1 aromatic rings. The number of rotatable bonds is 7. The van der Waals surface area contributed by atoms with Crippen molar-refractivity contribution in [1.29, 1.82) is 0 Å². The van der Waals surface area contributed by atoms with Gasteiger partial charge in [0.25, 0.3) is 0 Å². The molecule has 0 aromatic heterocycles. The molecule has 0 saturated carbocycles. The van der Waals surface area contributed by atoms with E-state index in [0.29, 0.717) is 24.7 Å². The summed E-state index contributed by atoms with van der Waals surface area (Å²) >= 11 is 0. The van der Waals surface area contributed by atoms with Crippen molar-refractivity contribution in [2.24, 2.45) is 4.99 Å². The SMILES string of the molecule is CCNC(=NCCc1ccc(O)c(OC)c1)N(C)CC(=O)NC(C)(C)C. The van der Waals surface area contributed by atoms with Crippen LogP contribution in [0.3, 0.4) is 0 Å². The number of aliphatic imine (C=N–C) groups is 1. The number of carbonyl (C=O) groups excluding carboxylic acids is 1. The Labute approximate surface area is 156 Å². The lowest BCUT2D eigenvalue weighted by Crippen LogP contribution is -2.48. The Hall–Kier alpha value is -2.44. The molecule has 0 aliphatic heterocycles. The number of phenolic OH excluding ortho intramolecular Hbond substituents is 1. The number of guanidine groups is 1. The molecule has 0 aliphatic rings. The highest BCUT2D eigenvalue weighted by Crippen LogP contribution is 2.26. The lowest BCUT2D eigenvalue weighted by molar-refractivity contribution is -0.122. The van der Waals surface area contributed by atoms with Crippen molar-refractivity contribution in [3.05, 3.63) is 23.8 Å². The minimum atomic E-state index is -0.259. The maximum Gasteiger partial charge on any atom is 0.240 e. The van der Waals surface area contributed by atoms with Gasteiger partial charge in [-0.25, -0.2) is 0 Å². The lowest BCUT2D eigenvalue weighted by atomic mass is 10.1. The van der Waals surface area contributed by atoms with Gasteiger partial charge in [0.15, 0.2) is 17.5 Å². The van der Waals surface area contributed by atoms with Crippen LogP contribution in [0.15, 0.2) is 23.2 Å². The largest absolute Gasteiger partial charge is 0.504 e. The molecule has 1 aromatic carbocycles. The van der Waals surface area contributed by atoms with E-state index in [2.05, 4.69) is 15.6 Å². The normalized spacial score (nSPS) is 11.8. The first-order valence-electron chi connectivity index (χ1n) is 8.82. The van der Waals surface area contributed by atoms with Gasteiger partial charge in [-0.15, -0.1) is 0 Å². The summed E-state index contributed by atoms with van der Waals surface area (Å²) in [5.41, 5.74) is 0.762. The van der Waals surface area contributed by atoms with Gasteiger partial charge in [0.05, 0.1) is 13.7 Å². The number of carbonyl (C=O) groups is 1. The van der Waals surface area contributed by atoms with Crippen molar-refractivity contribution in [3.63, 3.8) is 0 Å². The zero-order valence-electron chi connectivity index (χ0n) is 16.7. The first-order valence-corrected chi connectivity index (χ1v) is 8.82. The number of ether oxygens (including phenoxy) is 1. The Morgan fingerprint density at radius 1 is 1.35 bits per heavy atom. The minimum absolute atomic E-state index is 0.0473. The van der Waals surface area contributed by atoms with Crippen LogP contribution in [0.4, 0.5) is 0 Å². The maximum atomic E-state index is 12.1. The third-order valence-corrected chi connectivity index (χ3v) is 3.50. The summed E-state index contributed by atoms with van der Waals surface area (Å²) in [7, 11) is 3.37. The van der Waals surface area contributed by atoms with E-state index < -0.39 is 0 Å². The van der Waals surface area contributed by atoms with Gasteiger partial charge >= 0.3 is 0 Å². The smallest absolute Gasteiger partial charge is 0.240 e. The predicted molar refractivity (Wildman–Crippen MR) is 105 cm³/mol. The fourth-order valence-corrected chi connectivity index (χ4v) is 2.39. The molecule has 0 unspecified atom stereocenters. The Balaban J connectivity index is 2.69. The fourth-order valence-electron chi connectivity index (χ4n) is 2.39. The topological polar surface area (TPSA) is 86.2 Å². The summed E-state index contributed by atoms with van der Waals surface area (Å²) in [4.78, 5) is 18.5. The van der Waals surface area contributed by atoms with Gasteiger partial charge in [-0.1, -0.05) is 6.07 Å². The number of aromatic hydroxyl groups is 1. The minimum Gasteiger partial charge on any atom is -0.504 e. The molecule has 0 radical (unpaired) electrons. The van der Waals surface area contributed by atoms with E-state index in [1.165, 1.54) is 7.11 Å². The average molecular weight is 364 g/mol. The number of hydrogen-bond acceptors (Lipinski definition) is 4. The third-order valence-electron chi connectivity index (χ3n) is 3.50. The second-order valence-corrected chi connectivity index (χ2v) is 7.15. The van der Waals surface area contributed by atoms with E-state index in [4.69, 9.17) is 4.74 Å². The van der Waals surface area contributed by atoms with Crippen LogP contribution in [-0.2, 0) is 11.2 Å². The number of amides is 1. The number of phenols is 1. The standard InChI is InChI=1S/C19H32N4O3/c1-7-20-18(23(5)13-17(25)22-19(2,3)4)21-11-10-14-8-9-15(24)16(12-14)26-6/h8-9,12,24H,7,10-11,13H2,1-6H3,(H,20,21)(H,22,25). The first-order chi connectivity index (χ1) is 12.2. The van der Waals surface area contributed by atoms with Crippen LogP contribution in [0.25, 0.3) is 0 Å². The summed E-state index contributed by atoms with van der Waals surface area (Å²) < 4.78 is 5.12. The van der Waals surface area contributed by atoms with Gasteiger partial charge in [0, 0.05) is 25.7 Å². The molecule has 0 aliphatic carbocycles. The molecule has 26 heavy (non-hydrogen) atoms. The molecule has 0 fully saturated rings. The second-order valence-electron chi connectivity index (χ2n) is 7.15. The van der Waals surface area contributed by atoms with E-state index in [9.17, 15) is 9.90 Å². The Bertz CT molecular complexity index is 624. The van der Waals surface area contributed by atoms with E-state index in [1.54, 1.807) is 12.1 Å². The molecule has 0 bridgehead atoms. The van der Waals surface area contributed by atoms with E-state index in [0.717, 1.165) is 12.1 Å². The van der Waals surface area contributed by atoms with Gasteiger partial charge in [-0.3, -0.25) is 9.79 Å². The molecule has 1 amide bonds. The summed E-state index contributed by atoms with van der Waals surface area (Å²) in [5, 5.41) is 15.8. The monoisotopic (exact) mass is 364 g/mol. The molecule has 7 heteroatoms. The molecule has 0 saturated heterocycles. The number of benzene rings is 1. The van der Waals surface area contributed by atoms with Crippen LogP contribution >= 0.6 is 0 Å². The maximum absolute atomic E-state index is 12.1. The van der Waals surface area contributed by atoms with Crippen LogP contribution in [0.2, 0.25) is 0 Å². The van der Waals surface area contributed by atoms with Crippen molar-refractivity contribution in [2.45, 2.75) is 39.7 Å². The molecular weight excluding hydrogens is 332 g/mol. The highest BCUT2D eigenvalue weighted by molar-refractivity contribution is 5.86. The van der Waals surface area contributed by atoms with Crippen molar-refractivity contribution < 1.29 is 14.6 Å². The molecular formula is C19H32N4O3. The number of likely N-dealkylation sites (N-methyl/N-ethyl adjacent to an activating group) is 1. The van der Waals surface area contributed by atoms with Gasteiger partial charge in [0.1, 0.15) is 0 Å². The van der Waals surface area contributed by atoms with Gasteiger partial charge in [-0.2, -0.15) is 0 Å². The van der Waals surface area contributed by atoms with Crippen molar-refractivity contribution >= 4 is 11.9 Å². The number of nitrogens with one attached hydrogen (secondary N) is 2. The van der Waals surface area contributed by atoms with Crippen LogP contribution in [0.5, 0.6) is 11.5 Å². The summed E-state index contributed by atoms with van der Waals surface area (Å²) in [6, 6.07) is 5.27. The zero-order valence-corrected chi connectivity index (χ0v) is 16.7. The van der Waals surface area contributed by atoms with Gasteiger partial charge in [0.2, 0.25) is 5.91 Å². The van der Waals surface area contributed by atoms with E-state index >= 15 is 0 Å². The van der Waals surface area contributed by atoms with Crippen LogP contribution in [-0.4, -0.2) is 61.2 Å². The lowest BCUT2D eigenvalue weighted by Gasteiger charge is -2.25. The summed E-state index contributed by atoms with van der Waals surface area (Å²) in [5.74, 6) is 1.21. The van der Waals surface area contributed by atoms with E-state index in [-0.39, 0.29) is 23.7 Å². The third kappa shape index (κ3) is 7.63. The molecule has 0 spiro atoms. The molecule has 7 nitrogen and oxygen atoms in total. The van der Waals surface area contributed by atoms with Crippen LogP contribution in [0, 0.1) is 0 Å². The van der Waals surface area contributed by atoms with Gasteiger partial charge < -0.3 is 25.4 Å². The number of hydrogen-bond donors (Lipinski definition) is 3.